The van der Waals surface area contributed by atoms with Crippen molar-refractivity contribution in [1.82, 2.24) is 15.5 Å². The molecular weight excluding hydrogens is 537 g/mol. The number of unbranched alkanes of at least 4 members (excludes halogenated alkanes) is 1. The van der Waals surface area contributed by atoms with Gasteiger partial charge >= 0.3 is 6.03 Å². The minimum atomic E-state index is -1.44. The van der Waals surface area contributed by atoms with Gasteiger partial charge in [0.2, 0.25) is 0 Å². The van der Waals surface area contributed by atoms with Gasteiger partial charge in [-0.3, -0.25) is 0 Å². The number of nitrogens with zero attached hydrogens (tertiary/aromatic N) is 1. The van der Waals surface area contributed by atoms with Crippen LogP contribution in [-0.4, -0.2) is 73.7 Å². The normalized spacial score (nSPS) is 20.6. The maximum absolute atomic E-state index is 15.3. The van der Waals surface area contributed by atoms with E-state index in [4.69, 9.17) is 9.47 Å². The van der Waals surface area contributed by atoms with Crippen LogP contribution < -0.4 is 15.4 Å². The van der Waals surface area contributed by atoms with Crippen molar-refractivity contribution in [2.45, 2.75) is 75.5 Å². The second-order valence-corrected chi connectivity index (χ2v) is 11.8. The molecule has 4 atom stereocenters. The smallest absolute Gasteiger partial charge is 0.317 e. The number of rotatable bonds is 14. The first kappa shape index (κ1) is 32.2. The highest BCUT2D eigenvalue weighted by molar-refractivity contribution is 5.74. The molecule has 0 spiro atoms. The maximum atomic E-state index is 15.3. The van der Waals surface area contributed by atoms with E-state index in [0.29, 0.717) is 63.2 Å². The monoisotopic (exact) mass is 585 g/mol. The number of hydrogen-bond donors (Lipinski definition) is 4. The molecule has 8 nitrogen and oxygen atoms in total. The Labute approximate surface area is 249 Å². The largest absolute Gasteiger partial charge is 0.454 e. The van der Waals surface area contributed by atoms with Crippen LogP contribution >= 0.6 is 0 Å². The van der Waals surface area contributed by atoms with Gasteiger partial charge in [0.1, 0.15) is 5.75 Å². The molecule has 2 aliphatic rings. The number of halogens is 1. The summed E-state index contributed by atoms with van der Waals surface area (Å²) in [7, 11) is 3.46. The lowest BCUT2D eigenvalue weighted by molar-refractivity contribution is -0.0580. The van der Waals surface area contributed by atoms with Crippen LogP contribution in [0.5, 0.6) is 11.5 Å². The van der Waals surface area contributed by atoms with Gasteiger partial charge in [0.05, 0.1) is 17.7 Å². The Morgan fingerprint density at radius 3 is 2.57 bits per heavy atom. The number of ether oxygens (including phenoxy) is 2. The molecule has 2 aromatic carbocycles. The lowest BCUT2D eigenvalue weighted by atomic mass is 9.73. The van der Waals surface area contributed by atoms with Crippen LogP contribution in [0.25, 0.3) is 0 Å². The first-order valence-electron chi connectivity index (χ1n) is 15.5. The average Bonchev–Trinajstić information content (AvgIpc) is 3.55. The third-order valence-corrected chi connectivity index (χ3v) is 8.96. The second kappa shape index (κ2) is 15.7. The number of aliphatic hydroxyl groups excluding tert-OH is 1. The molecule has 0 aromatic heterocycles. The van der Waals surface area contributed by atoms with Crippen molar-refractivity contribution in [3.63, 3.8) is 0 Å². The number of urea groups is 1. The number of amides is 2. The molecule has 2 aromatic rings. The standard InChI is InChI=1S/C33H48FN3O5/c1-35-22-29(30(38)24-12-6-7-13-24)36-32(39)37-20-11-14-25(23-37)33(40,19-8-9-21-41-2)27-17-10-18-28(34)31(27)42-26-15-4-3-5-16-26/h3-5,10,15-18,24-25,29-30,35,38,40H,6-9,11-14,19-23H2,1-2H3,(H,36,39)/t25?,29-,30+,33+/m1/s1. The Kier molecular flexibility index (Phi) is 12.0. The number of para-hydroxylation sites is 2. The Hall–Kier alpha value is -2.72. The highest BCUT2D eigenvalue weighted by atomic mass is 19.1. The first-order chi connectivity index (χ1) is 20.4. The topological polar surface area (TPSA) is 103 Å². The number of aliphatic hydroxyl groups is 2. The SMILES string of the molecule is CNC[C@@H](NC(=O)N1CCCC([C@@](O)(CCCCOC)c2cccc(F)c2Oc2ccccc2)C1)[C@@H](O)C1CCCC1. The van der Waals surface area contributed by atoms with Crippen LogP contribution in [0.4, 0.5) is 9.18 Å². The number of benzene rings is 2. The molecule has 4 rings (SSSR count). The molecule has 0 bridgehead atoms. The van der Waals surface area contributed by atoms with Crippen LogP contribution in [-0.2, 0) is 10.3 Å². The molecule has 1 heterocycles. The molecule has 4 N–H and O–H groups in total. The third kappa shape index (κ3) is 8.01. The summed E-state index contributed by atoms with van der Waals surface area (Å²) >= 11 is 0. The summed E-state index contributed by atoms with van der Waals surface area (Å²) < 4.78 is 26.6. The Balaban J connectivity index is 1.57. The van der Waals surface area contributed by atoms with E-state index in [1.807, 2.05) is 25.2 Å². The molecule has 2 fully saturated rings. The fourth-order valence-electron chi connectivity index (χ4n) is 6.67. The fraction of sp³-hybridized carbons (Fsp3) is 0.606. The summed E-state index contributed by atoms with van der Waals surface area (Å²) in [6, 6.07) is 13.0. The van der Waals surface area contributed by atoms with Gasteiger partial charge in [-0.05, 0) is 76.1 Å². The van der Waals surface area contributed by atoms with Crippen molar-refractivity contribution in [3.05, 3.63) is 59.9 Å². The lowest BCUT2D eigenvalue weighted by Crippen LogP contribution is -2.57. The minimum Gasteiger partial charge on any atom is -0.454 e. The van der Waals surface area contributed by atoms with Crippen LogP contribution in [0, 0.1) is 17.7 Å². The van der Waals surface area contributed by atoms with Crippen LogP contribution in [0.2, 0.25) is 0 Å². The Morgan fingerprint density at radius 1 is 1.10 bits per heavy atom. The van der Waals surface area contributed by atoms with Crippen molar-refractivity contribution < 1.29 is 28.9 Å². The van der Waals surface area contributed by atoms with Crippen LogP contribution in [0.3, 0.4) is 0 Å². The van der Waals surface area contributed by atoms with Crippen molar-refractivity contribution in [2.24, 2.45) is 11.8 Å². The van der Waals surface area contributed by atoms with Gasteiger partial charge in [0.25, 0.3) is 0 Å². The number of piperidine rings is 1. The summed E-state index contributed by atoms with van der Waals surface area (Å²) in [4.78, 5) is 15.3. The Bertz CT molecular complexity index is 1120. The summed E-state index contributed by atoms with van der Waals surface area (Å²) in [5, 5.41) is 29.7. The fourth-order valence-corrected chi connectivity index (χ4v) is 6.67. The number of hydrogen-bond acceptors (Lipinski definition) is 6. The van der Waals surface area contributed by atoms with Gasteiger partial charge in [-0.25, -0.2) is 9.18 Å². The summed E-state index contributed by atoms with van der Waals surface area (Å²) in [6.07, 6.45) is 6.68. The molecule has 1 aliphatic heterocycles. The van der Waals surface area contributed by atoms with Crippen molar-refractivity contribution >= 4 is 6.03 Å². The highest BCUT2D eigenvalue weighted by Crippen LogP contribution is 2.45. The van der Waals surface area contributed by atoms with E-state index in [1.54, 1.807) is 36.3 Å². The number of likely N-dealkylation sites (tertiary alicyclic amines) is 1. The molecule has 42 heavy (non-hydrogen) atoms. The van der Waals surface area contributed by atoms with E-state index in [-0.39, 0.29) is 23.6 Å². The molecule has 9 heteroatoms. The zero-order valence-corrected chi connectivity index (χ0v) is 25.1. The number of carbonyl (C=O) groups is 1. The Morgan fingerprint density at radius 2 is 1.86 bits per heavy atom. The van der Waals surface area contributed by atoms with Gasteiger partial charge in [-0.2, -0.15) is 0 Å². The molecule has 1 aliphatic carbocycles. The van der Waals surface area contributed by atoms with Crippen molar-refractivity contribution in [1.29, 1.82) is 0 Å². The van der Waals surface area contributed by atoms with Crippen molar-refractivity contribution in [2.75, 3.05) is 40.4 Å². The summed E-state index contributed by atoms with van der Waals surface area (Å²) in [5.74, 6) is -0.222. The lowest BCUT2D eigenvalue weighted by Gasteiger charge is -2.43. The zero-order valence-electron chi connectivity index (χ0n) is 25.1. The summed E-state index contributed by atoms with van der Waals surface area (Å²) in [6.45, 7) is 1.87. The first-order valence-corrected chi connectivity index (χ1v) is 15.5. The van der Waals surface area contributed by atoms with Crippen LogP contribution in [0.15, 0.2) is 48.5 Å². The van der Waals surface area contributed by atoms with Gasteiger partial charge in [-0.15, -0.1) is 0 Å². The van der Waals surface area contributed by atoms with Crippen LogP contribution in [0.1, 0.15) is 63.4 Å². The van der Waals surface area contributed by atoms with Gasteiger partial charge < -0.3 is 35.2 Å². The molecule has 1 saturated carbocycles. The second-order valence-electron chi connectivity index (χ2n) is 11.8. The minimum absolute atomic E-state index is 0.00767. The highest BCUT2D eigenvalue weighted by Gasteiger charge is 2.44. The predicted octanol–water partition coefficient (Wildman–Crippen LogP) is 5.18. The van der Waals surface area contributed by atoms with E-state index in [1.165, 1.54) is 6.07 Å². The van der Waals surface area contributed by atoms with Gasteiger partial charge in [0, 0.05) is 44.8 Å². The molecular formula is C33H48FN3O5. The third-order valence-electron chi connectivity index (χ3n) is 8.96. The number of likely N-dealkylation sites (N-methyl/N-ethyl adjacent to an activating group) is 1. The zero-order chi connectivity index (χ0) is 30.0. The van der Waals surface area contributed by atoms with E-state index < -0.39 is 23.6 Å². The van der Waals surface area contributed by atoms with E-state index in [2.05, 4.69) is 10.6 Å². The maximum Gasteiger partial charge on any atom is 0.317 e. The molecule has 232 valence electrons. The van der Waals surface area contributed by atoms with Gasteiger partial charge in [-0.1, -0.05) is 43.2 Å². The molecule has 0 radical (unpaired) electrons. The average molecular weight is 586 g/mol. The number of nitrogens with one attached hydrogen (secondary N) is 2. The molecule has 1 unspecified atom stereocenters. The quantitative estimate of drug-likeness (QED) is 0.228. The summed E-state index contributed by atoms with van der Waals surface area (Å²) in [5.41, 5.74) is -1.05. The van der Waals surface area contributed by atoms with E-state index in [9.17, 15) is 15.0 Å². The number of carbonyl (C=O) groups excluding carboxylic acids is 1. The van der Waals surface area contributed by atoms with E-state index in [0.717, 1.165) is 32.1 Å². The predicted molar refractivity (Wildman–Crippen MR) is 161 cm³/mol. The van der Waals surface area contributed by atoms with Gasteiger partial charge in [0.15, 0.2) is 11.6 Å². The molecule has 1 saturated heterocycles. The number of methoxy groups -OCH3 is 1. The molecule has 2 amide bonds. The van der Waals surface area contributed by atoms with E-state index >= 15 is 4.39 Å². The van der Waals surface area contributed by atoms with Crippen molar-refractivity contribution in [3.8, 4) is 11.5 Å².